The molecule has 0 radical (unpaired) electrons. The van der Waals surface area contributed by atoms with E-state index in [4.69, 9.17) is 23.8 Å². The predicted molar refractivity (Wildman–Crippen MR) is 123 cm³/mol. The van der Waals surface area contributed by atoms with E-state index in [2.05, 4.69) is 16.3 Å². The van der Waals surface area contributed by atoms with Crippen LogP contribution in [0.25, 0.3) is 0 Å². The van der Waals surface area contributed by atoms with E-state index < -0.39 is 23.4 Å². The van der Waals surface area contributed by atoms with Gasteiger partial charge in [0, 0.05) is 12.1 Å². The minimum atomic E-state index is -0.798. The average molecular weight is 468 g/mol. The van der Waals surface area contributed by atoms with Crippen molar-refractivity contribution in [3.05, 3.63) is 52.8 Å². The molecule has 3 amide bonds. The summed E-state index contributed by atoms with van der Waals surface area (Å²) in [7, 11) is 0. The van der Waals surface area contributed by atoms with Gasteiger partial charge in [-0.2, -0.15) is 5.10 Å². The van der Waals surface area contributed by atoms with Gasteiger partial charge < -0.3 is 16.0 Å². The standard InChI is InChI=1S/C24H26ClN5O3/c1-2-17(13-20(26)31)28-22(32)19-9-6-12-29(19)23(33)24(10-11-24)18-14-27-30(21(18)25)15-16-7-4-3-5-8-16/h1,3-5,7-8,14,17,19H,6,9-13,15H2,(H2,26,31)(H,28,32). The zero-order valence-electron chi connectivity index (χ0n) is 18.2. The first-order valence-electron chi connectivity index (χ1n) is 11.0. The molecule has 2 unspecified atom stereocenters. The highest BCUT2D eigenvalue weighted by Crippen LogP contribution is 2.52. The third-order valence-electron chi connectivity index (χ3n) is 6.36. The zero-order valence-corrected chi connectivity index (χ0v) is 18.9. The van der Waals surface area contributed by atoms with Gasteiger partial charge in [-0.15, -0.1) is 6.42 Å². The fourth-order valence-corrected chi connectivity index (χ4v) is 4.79. The molecule has 3 N–H and O–H groups in total. The van der Waals surface area contributed by atoms with E-state index in [1.54, 1.807) is 15.8 Å². The summed E-state index contributed by atoms with van der Waals surface area (Å²) in [5, 5.41) is 7.54. The molecule has 1 aromatic heterocycles. The first-order chi connectivity index (χ1) is 15.9. The van der Waals surface area contributed by atoms with Crippen molar-refractivity contribution in [2.75, 3.05) is 6.54 Å². The molecule has 8 nitrogen and oxygen atoms in total. The second-order valence-electron chi connectivity index (χ2n) is 8.63. The van der Waals surface area contributed by atoms with Gasteiger partial charge in [-0.1, -0.05) is 47.9 Å². The van der Waals surface area contributed by atoms with E-state index in [0.717, 1.165) is 5.56 Å². The summed E-state index contributed by atoms with van der Waals surface area (Å²) in [5.74, 6) is 1.28. The van der Waals surface area contributed by atoms with Gasteiger partial charge in [0.1, 0.15) is 11.2 Å². The maximum Gasteiger partial charge on any atom is 0.243 e. The van der Waals surface area contributed by atoms with Gasteiger partial charge in [-0.25, -0.2) is 4.68 Å². The van der Waals surface area contributed by atoms with Crippen molar-refractivity contribution in [1.29, 1.82) is 0 Å². The fraction of sp³-hybridized carbons (Fsp3) is 0.417. The summed E-state index contributed by atoms with van der Waals surface area (Å²) in [4.78, 5) is 39.3. The summed E-state index contributed by atoms with van der Waals surface area (Å²) < 4.78 is 1.69. The predicted octanol–water partition coefficient (Wildman–Crippen LogP) is 1.60. The number of nitrogens with one attached hydrogen (secondary N) is 1. The number of halogens is 1. The fourth-order valence-electron chi connectivity index (χ4n) is 4.46. The van der Waals surface area contributed by atoms with Gasteiger partial charge in [0.15, 0.2) is 0 Å². The number of hydrogen-bond donors (Lipinski definition) is 2. The zero-order chi connectivity index (χ0) is 23.6. The molecule has 0 bridgehead atoms. The van der Waals surface area contributed by atoms with Crippen molar-refractivity contribution < 1.29 is 14.4 Å². The van der Waals surface area contributed by atoms with Crippen LogP contribution in [0.5, 0.6) is 0 Å². The summed E-state index contributed by atoms with van der Waals surface area (Å²) >= 11 is 6.67. The van der Waals surface area contributed by atoms with E-state index in [1.807, 2.05) is 30.3 Å². The van der Waals surface area contributed by atoms with E-state index in [9.17, 15) is 14.4 Å². The molecular weight excluding hydrogens is 442 g/mol. The van der Waals surface area contributed by atoms with Crippen molar-refractivity contribution >= 4 is 29.3 Å². The number of hydrogen-bond acceptors (Lipinski definition) is 4. The highest BCUT2D eigenvalue weighted by Gasteiger charge is 2.57. The van der Waals surface area contributed by atoms with Gasteiger partial charge >= 0.3 is 0 Å². The van der Waals surface area contributed by atoms with E-state index in [0.29, 0.717) is 49.5 Å². The number of benzene rings is 1. The molecule has 2 atom stereocenters. The molecule has 1 aromatic carbocycles. The second kappa shape index (κ2) is 9.28. The topological polar surface area (TPSA) is 110 Å². The van der Waals surface area contributed by atoms with Crippen LogP contribution in [0.3, 0.4) is 0 Å². The number of aromatic nitrogens is 2. The Labute approximate surface area is 197 Å². The van der Waals surface area contributed by atoms with E-state index in [-0.39, 0.29) is 18.2 Å². The van der Waals surface area contributed by atoms with Gasteiger partial charge in [-0.05, 0) is 31.2 Å². The molecule has 172 valence electrons. The van der Waals surface area contributed by atoms with Gasteiger partial charge in [0.05, 0.1) is 30.6 Å². The van der Waals surface area contributed by atoms with Crippen LogP contribution in [-0.2, 0) is 26.3 Å². The number of primary amides is 1. The normalized spacial score (nSPS) is 19.5. The van der Waals surface area contributed by atoms with Crippen LogP contribution in [0.15, 0.2) is 36.5 Å². The lowest BCUT2D eigenvalue weighted by molar-refractivity contribution is -0.140. The smallest absolute Gasteiger partial charge is 0.243 e. The second-order valence-corrected chi connectivity index (χ2v) is 8.99. The third-order valence-corrected chi connectivity index (χ3v) is 6.76. The van der Waals surface area contributed by atoms with Crippen LogP contribution >= 0.6 is 11.6 Å². The molecule has 2 aromatic rings. The molecule has 9 heteroatoms. The third kappa shape index (κ3) is 4.60. The highest BCUT2D eigenvalue weighted by atomic mass is 35.5. The van der Waals surface area contributed by atoms with Crippen LogP contribution in [-0.4, -0.2) is 51.0 Å². The van der Waals surface area contributed by atoms with Crippen LogP contribution in [0, 0.1) is 12.3 Å². The van der Waals surface area contributed by atoms with Gasteiger partial charge in [-0.3, -0.25) is 14.4 Å². The van der Waals surface area contributed by atoms with Crippen LogP contribution in [0.4, 0.5) is 0 Å². The van der Waals surface area contributed by atoms with Crippen molar-refractivity contribution in [2.45, 2.75) is 56.1 Å². The highest BCUT2D eigenvalue weighted by molar-refractivity contribution is 6.31. The van der Waals surface area contributed by atoms with Gasteiger partial charge in [0.25, 0.3) is 0 Å². The minimum absolute atomic E-state index is 0.117. The van der Waals surface area contributed by atoms with E-state index in [1.165, 1.54) is 0 Å². The Morgan fingerprint density at radius 3 is 2.67 bits per heavy atom. The summed E-state index contributed by atoms with van der Waals surface area (Å²) in [5.41, 5.74) is 6.20. The summed E-state index contributed by atoms with van der Waals surface area (Å²) in [6.45, 7) is 0.983. The molecule has 1 saturated carbocycles. The van der Waals surface area contributed by atoms with Crippen molar-refractivity contribution in [3.63, 3.8) is 0 Å². The molecule has 0 spiro atoms. The van der Waals surface area contributed by atoms with Crippen LogP contribution in [0.1, 0.15) is 43.2 Å². The summed E-state index contributed by atoms with van der Waals surface area (Å²) in [6, 6.07) is 8.39. The number of rotatable bonds is 8. The monoisotopic (exact) mass is 467 g/mol. The molecule has 2 fully saturated rings. The Morgan fingerprint density at radius 1 is 1.30 bits per heavy atom. The first-order valence-corrected chi connectivity index (χ1v) is 11.3. The molecular formula is C24H26ClN5O3. The lowest BCUT2D eigenvalue weighted by Gasteiger charge is -2.29. The lowest BCUT2D eigenvalue weighted by Crippen LogP contribution is -2.51. The first kappa shape index (κ1) is 22.9. The van der Waals surface area contributed by atoms with Crippen LogP contribution in [0.2, 0.25) is 5.15 Å². The Bertz CT molecular complexity index is 1100. The Hall–Kier alpha value is -3.31. The number of terminal acetylenes is 1. The minimum Gasteiger partial charge on any atom is -0.370 e. The SMILES string of the molecule is C#CC(CC(N)=O)NC(=O)C1CCCN1C(=O)C1(c2cnn(Cc3ccccc3)c2Cl)CC1. The van der Waals surface area contributed by atoms with Crippen LogP contribution < -0.4 is 11.1 Å². The van der Waals surface area contributed by atoms with Crippen molar-refractivity contribution in [3.8, 4) is 12.3 Å². The van der Waals surface area contributed by atoms with Crippen molar-refractivity contribution in [2.24, 2.45) is 5.73 Å². The maximum atomic E-state index is 13.6. The molecule has 4 rings (SSSR count). The average Bonchev–Trinajstić information content (AvgIpc) is 3.29. The largest absolute Gasteiger partial charge is 0.370 e. The number of carbonyl (C=O) groups excluding carboxylic acids is 3. The van der Waals surface area contributed by atoms with E-state index >= 15 is 0 Å². The molecule has 33 heavy (non-hydrogen) atoms. The number of carbonyl (C=O) groups is 3. The number of nitrogens with two attached hydrogens (primary N) is 1. The number of nitrogens with zero attached hydrogens (tertiary/aromatic N) is 3. The quantitative estimate of drug-likeness (QED) is 0.574. The number of amides is 3. The number of likely N-dealkylation sites (tertiary alicyclic amines) is 1. The Morgan fingerprint density at radius 2 is 2.03 bits per heavy atom. The Balaban J connectivity index is 1.50. The molecule has 2 aliphatic rings. The molecule has 1 aliphatic heterocycles. The van der Waals surface area contributed by atoms with Crippen molar-refractivity contribution in [1.82, 2.24) is 20.0 Å². The maximum absolute atomic E-state index is 13.6. The van der Waals surface area contributed by atoms with Gasteiger partial charge in [0.2, 0.25) is 17.7 Å². The summed E-state index contributed by atoms with van der Waals surface area (Å²) in [6.07, 6.45) is 9.48. The molecule has 1 aliphatic carbocycles. The molecule has 2 heterocycles. The molecule has 1 saturated heterocycles. The lowest BCUT2D eigenvalue weighted by atomic mass is 9.97. The Kier molecular flexibility index (Phi) is 6.43.